The second kappa shape index (κ2) is 4.45. The molecule has 90 valence electrons. The summed E-state index contributed by atoms with van der Waals surface area (Å²) in [6.45, 7) is 0.664. The van der Waals surface area contributed by atoms with Gasteiger partial charge in [0, 0.05) is 23.9 Å². The maximum absolute atomic E-state index is 5.71. The van der Waals surface area contributed by atoms with Crippen molar-refractivity contribution in [3.8, 4) is 0 Å². The third-order valence-electron chi connectivity index (χ3n) is 3.66. The molecule has 2 heterocycles. The van der Waals surface area contributed by atoms with Crippen molar-refractivity contribution >= 4 is 5.65 Å². The monoisotopic (exact) mass is 230 g/mol. The first kappa shape index (κ1) is 10.7. The number of hydrogen-bond acceptors (Lipinski definition) is 3. The number of nitrogens with two attached hydrogens (primary N) is 1. The van der Waals surface area contributed by atoms with Gasteiger partial charge in [0.1, 0.15) is 0 Å². The average molecular weight is 230 g/mol. The van der Waals surface area contributed by atoms with Crippen LogP contribution in [0.2, 0.25) is 0 Å². The Labute approximate surface area is 101 Å². The molecule has 1 fully saturated rings. The molecule has 0 bridgehead atoms. The van der Waals surface area contributed by atoms with Crippen molar-refractivity contribution in [3.63, 3.8) is 0 Å². The molecule has 3 rings (SSSR count). The summed E-state index contributed by atoms with van der Waals surface area (Å²) in [6, 6.07) is 1.92. The molecule has 2 aromatic rings. The Balaban J connectivity index is 2.11. The molecule has 1 saturated carbocycles. The van der Waals surface area contributed by atoms with E-state index in [0.29, 0.717) is 12.5 Å². The first-order valence-electron chi connectivity index (χ1n) is 6.42. The summed E-state index contributed by atoms with van der Waals surface area (Å²) in [5, 5.41) is 4.71. The van der Waals surface area contributed by atoms with E-state index in [2.05, 4.69) is 4.98 Å². The van der Waals surface area contributed by atoms with E-state index in [-0.39, 0.29) is 0 Å². The molecule has 0 unspecified atom stereocenters. The number of aromatic nitrogens is 3. The third kappa shape index (κ3) is 1.82. The second-order valence-electron chi connectivity index (χ2n) is 4.77. The summed E-state index contributed by atoms with van der Waals surface area (Å²) in [5.74, 6) is 0.623. The maximum Gasteiger partial charge on any atom is 0.158 e. The minimum Gasteiger partial charge on any atom is -0.330 e. The van der Waals surface area contributed by atoms with Gasteiger partial charge in [0.05, 0.1) is 5.69 Å². The molecule has 0 saturated heterocycles. The van der Waals surface area contributed by atoms with Gasteiger partial charge in [-0.3, -0.25) is 0 Å². The molecule has 2 aromatic heterocycles. The molecule has 17 heavy (non-hydrogen) atoms. The topological polar surface area (TPSA) is 56.2 Å². The molecule has 4 nitrogen and oxygen atoms in total. The molecule has 1 aliphatic carbocycles. The third-order valence-corrected chi connectivity index (χ3v) is 3.66. The van der Waals surface area contributed by atoms with Crippen LogP contribution in [0.15, 0.2) is 18.5 Å². The van der Waals surface area contributed by atoms with Crippen LogP contribution >= 0.6 is 0 Å². The summed E-state index contributed by atoms with van der Waals surface area (Å²) in [6.07, 6.45) is 9.87. The minimum absolute atomic E-state index is 0.623. The summed E-state index contributed by atoms with van der Waals surface area (Å²) in [7, 11) is 0. The smallest absolute Gasteiger partial charge is 0.158 e. The fourth-order valence-electron chi connectivity index (χ4n) is 2.86. The lowest BCUT2D eigenvalue weighted by atomic mass is 9.98. The summed E-state index contributed by atoms with van der Waals surface area (Å²) < 4.78 is 1.90. The van der Waals surface area contributed by atoms with E-state index in [9.17, 15) is 0 Å². The number of rotatable bonds is 3. The Hall–Kier alpha value is -1.42. The van der Waals surface area contributed by atoms with Gasteiger partial charge < -0.3 is 5.73 Å². The van der Waals surface area contributed by atoms with Crippen LogP contribution in [0.5, 0.6) is 0 Å². The molecular weight excluding hydrogens is 212 g/mol. The SMILES string of the molecule is NCCc1c(C2CCCC2)nn2cccnc12. The van der Waals surface area contributed by atoms with Gasteiger partial charge in [-0.15, -0.1) is 0 Å². The van der Waals surface area contributed by atoms with Gasteiger partial charge in [-0.1, -0.05) is 12.8 Å². The molecule has 1 aliphatic rings. The molecule has 0 amide bonds. The zero-order valence-corrected chi connectivity index (χ0v) is 9.97. The van der Waals surface area contributed by atoms with Crippen LogP contribution in [0.25, 0.3) is 5.65 Å². The number of fused-ring (bicyclic) bond motifs is 1. The van der Waals surface area contributed by atoms with Crippen LogP contribution in [-0.4, -0.2) is 21.1 Å². The molecule has 4 heteroatoms. The molecule has 2 N–H and O–H groups in total. The molecule has 0 aromatic carbocycles. The van der Waals surface area contributed by atoms with Crippen LogP contribution in [0.1, 0.15) is 42.9 Å². The molecule has 0 spiro atoms. The maximum atomic E-state index is 5.71. The lowest BCUT2D eigenvalue weighted by Gasteiger charge is -2.07. The van der Waals surface area contributed by atoms with Crippen molar-refractivity contribution in [3.05, 3.63) is 29.7 Å². The van der Waals surface area contributed by atoms with Gasteiger partial charge in [-0.2, -0.15) is 5.10 Å². The van der Waals surface area contributed by atoms with Crippen molar-refractivity contribution in [2.24, 2.45) is 5.73 Å². The standard InChI is InChI=1S/C13H18N4/c14-7-6-11-12(10-4-1-2-5-10)16-17-9-3-8-15-13(11)17/h3,8-10H,1-2,4-7,14H2. The lowest BCUT2D eigenvalue weighted by molar-refractivity contribution is 0.676. The number of nitrogens with zero attached hydrogens (tertiary/aromatic N) is 3. The molecule has 0 aliphatic heterocycles. The van der Waals surface area contributed by atoms with Gasteiger partial charge >= 0.3 is 0 Å². The highest BCUT2D eigenvalue weighted by atomic mass is 15.3. The van der Waals surface area contributed by atoms with Crippen molar-refractivity contribution in [1.29, 1.82) is 0 Å². The van der Waals surface area contributed by atoms with Crippen molar-refractivity contribution in [1.82, 2.24) is 14.6 Å². The Kier molecular flexibility index (Phi) is 2.81. The summed E-state index contributed by atoms with van der Waals surface area (Å²) in [4.78, 5) is 4.44. The first-order valence-corrected chi connectivity index (χ1v) is 6.42. The van der Waals surface area contributed by atoms with Gasteiger partial charge in [-0.05, 0) is 31.9 Å². The van der Waals surface area contributed by atoms with Crippen molar-refractivity contribution in [2.75, 3.05) is 6.54 Å². The van der Waals surface area contributed by atoms with E-state index in [4.69, 9.17) is 10.8 Å². The Morgan fingerprint density at radius 2 is 2.18 bits per heavy atom. The first-order chi connectivity index (χ1) is 8.40. The van der Waals surface area contributed by atoms with Gasteiger partial charge in [0.2, 0.25) is 0 Å². The normalized spacial score (nSPS) is 17.0. The van der Waals surface area contributed by atoms with E-state index in [1.165, 1.54) is 36.9 Å². The summed E-state index contributed by atoms with van der Waals surface area (Å²) >= 11 is 0. The lowest BCUT2D eigenvalue weighted by Crippen LogP contribution is -2.06. The predicted octanol–water partition coefficient (Wildman–Crippen LogP) is 1.89. The fourth-order valence-corrected chi connectivity index (χ4v) is 2.86. The highest BCUT2D eigenvalue weighted by molar-refractivity contribution is 5.51. The quantitative estimate of drug-likeness (QED) is 0.876. The van der Waals surface area contributed by atoms with Crippen LogP contribution in [0.3, 0.4) is 0 Å². The Morgan fingerprint density at radius 1 is 1.35 bits per heavy atom. The zero-order chi connectivity index (χ0) is 11.7. The highest BCUT2D eigenvalue weighted by Gasteiger charge is 2.24. The van der Waals surface area contributed by atoms with Crippen LogP contribution in [0.4, 0.5) is 0 Å². The van der Waals surface area contributed by atoms with Crippen LogP contribution in [0, 0.1) is 0 Å². The van der Waals surface area contributed by atoms with Crippen molar-refractivity contribution < 1.29 is 0 Å². The Bertz CT molecular complexity index is 511. The summed E-state index contributed by atoms with van der Waals surface area (Å²) in [5.41, 5.74) is 9.21. The van der Waals surface area contributed by atoms with E-state index in [0.717, 1.165) is 12.1 Å². The highest BCUT2D eigenvalue weighted by Crippen LogP contribution is 2.35. The van der Waals surface area contributed by atoms with Crippen molar-refractivity contribution in [2.45, 2.75) is 38.0 Å². The molecule has 0 radical (unpaired) electrons. The van der Waals surface area contributed by atoms with Crippen LogP contribution < -0.4 is 5.73 Å². The van der Waals surface area contributed by atoms with E-state index in [1.54, 1.807) is 0 Å². The van der Waals surface area contributed by atoms with Crippen LogP contribution in [-0.2, 0) is 6.42 Å². The number of hydrogen-bond donors (Lipinski definition) is 1. The Morgan fingerprint density at radius 3 is 2.94 bits per heavy atom. The zero-order valence-electron chi connectivity index (χ0n) is 9.97. The average Bonchev–Trinajstić information content (AvgIpc) is 2.97. The van der Waals surface area contributed by atoms with E-state index in [1.807, 2.05) is 23.0 Å². The largest absolute Gasteiger partial charge is 0.330 e. The van der Waals surface area contributed by atoms with E-state index < -0.39 is 0 Å². The fraction of sp³-hybridized carbons (Fsp3) is 0.538. The minimum atomic E-state index is 0.623. The van der Waals surface area contributed by atoms with E-state index >= 15 is 0 Å². The van der Waals surface area contributed by atoms with Gasteiger partial charge in [0.25, 0.3) is 0 Å². The molecular formula is C13H18N4. The van der Waals surface area contributed by atoms with Gasteiger partial charge in [-0.25, -0.2) is 9.50 Å². The second-order valence-corrected chi connectivity index (χ2v) is 4.77. The van der Waals surface area contributed by atoms with Gasteiger partial charge in [0.15, 0.2) is 5.65 Å². The predicted molar refractivity (Wildman–Crippen MR) is 67.0 cm³/mol. The molecule has 0 atom stereocenters.